The lowest BCUT2D eigenvalue weighted by atomic mass is 9.89. The number of benzene rings is 2. The molecule has 2 aromatic rings. The van der Waals surface area contributed by atoms with Crippen molar-refractivity contribution in [1.29, 1.82) is 0 Å². The van der Waals surface area contributed by atoms with Crippen molar-refractivity contribution in [2.45, 2.75) is 104 Å². The number of hydrogen-bond acceptors (Lipinski definition) is 5. The molecule has 2 aromatic carbocycles. The van der Waals surface area contributed by atoms with Gasteiger partial charge in [-0.1, -0.05) is 94.5 Å². The average Bonchev–Trinajstić information content (AvgIpc) is 2.86. The molecule has 0 aromatic heterocycles. The first kappa shape index (κ1) is 31.8. The lowest BCUT2D eigenvalue weighted by Gasteiger charge is -2.19. The fourth-order valence-corrected chi connectivity index (χ4v) is 4.72. The maximum absolute atomic E-state index is 12.6. The number of rotatable bonds is 18. The third-order valence-electron chi connectivity index (χ3n) is 6.79. The zero-order valence-corrected chi connectivity index (χ0v) is 22.7. The molecular formula is C31H49NO4. The molecule has 202 valence electrons. The molecular weight excluding hydrogens is 450 g/mol. The fourth-order valence-electron chi connectivity index (χ4n) is 4.72. The smallest absolute Gasteiger partial charge is 0.338 e. The molecule has 0 aliphatic rings. The van der Waals surface area contributed by atoms with Crippen LogP contribution < -0.4 is 6.15 Å². The van der Waals surface area contributed by atoms with Crippen LogP contribution in [-0.4, -0.2) is 29.4 Å². The molecule has 2 rings (SSSR count). The third kappa shape index (κ3) is 11.2. The van der Waals surface area contributed by atoms with Crippen molar-refractivity contribution in [2.75, 3.05) is 13.2 Å². The maximum atomic E-state index is 12.6. The topological polar surface area (TPSA) is 102 Å². The Morgan fingerprint density at radius 3 is 1.81 bits per heavy atom. The molecule has 0 spiro atoms. The van der Waals surface area contributed by atoms with E-state index >= 15 is 0 Å². The molecule has 0 amide bonds. The monoisotopic (exact) mass is 499 g/mol. The van der Waals surface area contributed by atoms with Crippen LogP contribution in [0.15, 0.2) is 36.4 Å². The Kier molecular flexibility index (Phi) is 16.8. The van der Waals surface area contributed by atoms with E-state index in [0.717, 1.165) is 35.1 Å². The standard InChI is InChI=1S/C31H46O4.H3N/c1-3-4-5-6-7-8-9-10-11-12-13-29-28(19-18-26(20-22-32)30(29)21-23-33)24-35-31(34)27-16-14-25(2)15-17-27;/h14-19,32-33H,3-13,20-24H2,1-2H3;1H3. The van der Waals surface area contributed by atoms with Gasteiger partial charge in [0.1, 0.15) is 6.61 Å². The second-order valence-electron chi connectivity index (χ2n) is 9.66. The van der Waals surface area contributed by atoms with E-state index in [1.54, 1.807) is 12.1 Å². The number of aliphatic hydroxyl groups excluding tert-OH is 2. The number of aliphatic hydroxyl groups is 2. The Labute approximate surface area is 218 Å². The van der Waals surface area contributed by atoms with Gasteiger partial charge in [0, 0.05) is 13.2 Å². The minimum atomic E-state index is -0.321. The van der Waals surface area contributed by atoms with Gasteiger partial charge in [0.05, 0.1) is 5.56 Å². The van der Waals surface area contributed by atoms with Crippen molar-refractivity contribution < 1.29 is 19.7 Å². The number of esters is 1. The molecule has 0 bridgehead atoms. The van der Waals surface area contributed by atoms with Crippen LogP contribution in [0.2, 0.25) is 0 Å². The number of carbonyl (C=O) groups is 1. The first-order valence-corrected chi connectivity index (χ1v) is 13.7. The van der Waals surface area contributed by atoms with Crippen LogP contribution in [0.4, 0.5) is 0 Å². The number of carbonyl (C=O) groups excluding carboxylic acids is 1. The maximum Gasteiger partial charge on any atom is 0.338 e. The first-order valence-electron chi connectivity index (χ1n) is 13.7. The van der Waals surface area contributed by atoms with E-state index in [0.29, 0.717) is 18.4 Å². The average molecular weight is 500 g/mol. The summed E-state index contributed by atoms with van der Waals surface area (Å²) in [5.74, 6) is -0.321. The van der Waals surface area contributed by atoms with Crippen molar-refractivity contribution in [3.8, 4) is 0 Å². The van der Waals surface area contributed by atoms with Gasteiger partial charge >= 0.3 is 5.97 Å². The van der Waals surface area contributed by atoms with E-state index in [-0.39, 0.29) is 31.9 Å². The van der Waals surface area contributed by atoms with E-state index < -0.39 is 0 Å². The Balaban J connectivity index is 0.00000648. The molecule has 0 radical (unpaired) electrons. The molecule has 0 heterocycles. The number of hydrogen-bond donors (Lipinski definition) is 3. The molecule has 5 heteroatoms. The number of unbranched alkanes of at least 4 members (excludes halogenated alkanes) is 9. The van der Waals surface area contributed by atoms with Crippen LogP contribution in [0.5, 0.6) is 0 Å². The molecule has 5 N–H and O–H groups in total. The van der Waals surface area contributed by atoms with Crippen molar-refractivity contribution in [3.05, 3.63) is 69.8 Å². The Morgan fingerprint density at radius 2 is 1.22 bits per heavy atom. The van der Waals surface area contributed by atoms with Gasteiger partial charge < -0.3 is 21.1 Å². The Bertz CT molecular complexity index is 864. The van der Waals surface area contributed by atoms with Gasteiger partial charge in [0.15, 0.2) is 0 Å². The van der Waals surface area contributed by atoms with Crippen LogP contribution in [-0.2, 0) is 30.6 Å². The molecule has 0 atom stereocenters. The van der Waals surface area contributed by atoms with Gasteiger partial charge in [-0.05, 0) is 67.0 Å². The summed E-state index contributed by atoms with van der Waals surface area (Å²) in [5, 5.41) is 19.2. The van der Waals surface area contributed by atoms with E-state index in [4.69, 9.17) is 4.74 Å². The highest BCUT2D eigenvalue weighted by molar-refractivity contribution is 5.89. The molecule has 0 aliphatic heterocycles. The molecule has 0 aliphatic carbocycles. The Morgan fingerprint density at radius 1 is 0.694 bits per heavy atom. The van der Waals surface area contributed by atoms with Crippen LogP contribution in [0.3, 0.4) is 0 Å². The van der Waals surface area contributed by atoms with Crippen molar-refractivity contribution in [2.24, 2.45) is 0 Å². The minimum Gasteiger partial charge on any atom is -0.457 e. The first-order chi connectivity index (χ1) is 17.1. The van der Waals surface area contributed by atoms with Gasteiger partial charge in [-0.15, -0.1) is 0 Å². The van der Waals surface area contributed by atoms with Crippen molar-refractivity contribution >= 4 is 5.97 Å². The highest BCUT2D eigenvalue weighted by Crippen LogP contribution is 2.25. The second-order valence-corrected chi connectivity index (χ2v) is 9.66. The van der Waals surface area contributed by atoms with Crippen LogP contribution in [0.25, 0.3) is 0 Å². The van der Waals surface area contributed by atoms with Gasteiger partial charge in [0.25, 0.3) is 0 Å². The molecule has 0 saturated heterocycles. The van der Waals surface area contributed by atoms with Crippen LogP contribution >= 0.6 is 0 Å². The summed E-state index contributed by atoms with van der Waals surface area (Å²) in [4.78, 5) is 12.6. The Hall–Kier alpha value is -2.21. The predicted molar refractivity (Wildman–Crippen MR) is 149 cm³/mol. The SMILES string of the molecule is CCCCCCCCCCCCc1c(COC(=O)c2ccc(C)cc2)ccc(CCO)c1CCO.N. The summed E-state index contributed by atoms with van der Waals surface area (Å²) >= 11 is 0. The van der Waals surface area contributed by atoms with Gasteiger partial charge in [-0.25, -0.2) is 4.79 Å². The summed E-state index contributed by atoms with van der Waals surface area (Å²) in [6.45, 7) is 4.61. The molecule has 0 saturated carbocycles. The van der Waals surface area contributed by atoms with E-state index in [9.17, 15) is 15.0 Å². The minimum absolute atomic E-state index is 0. The van der Waals surface area contributed by atoms with E-state index in [1.807, 2.05) is 31.2 Å². The molecule has 36 heavy (non-hydrogen) atoms. The number of ether oxygens (including phenoxy) is 1. The number of aryl methyl sites for hydroxylation is 1. The zero-order chi connectivity index (χ0) is 25.3. The highest BCUT2D eigenvalue weighted by Gasteiger charge is 2.15. The summed E-state index contributed by atoms with van der Waals surface area (Å²) < 4.78 is 5.68. The highest BCUT2D eigenvalue weighted by atomic mass is 16.5. The lowest BCUT2D eigenvalue weighted by molar-refractivity contribution is 0.0471. The molecule has 0 unspecified atom stereocenters. The third-order valence-corrected chi connectivity index (χ3v) is 6.79. The fraction of sp³-hybridized carbons (Fsp3) is 0.581. The van der Waals surface area contributed by atoms with Gasteiger partial charge in [-0.3, -0.25) is 0 Å². The molecule has 5 nitrogen and oxygen atoms in total. The van der Waals surface area contributed by atoms with E-state index in [2.05, 4.69) is 6.92 Å². The quantitative estimate of drug-likeness (QED) is 0.151. The van der Waals surface area contributed by atoms with E-state index in [1.165, 1.54) is 63.4 Å². The summed E-state index contributed by atoms with van der Waals surface area (Å²) in [6.07, 6.45) is 14.9. The summed E-state index contributed by atoms with van der Waals surface area (Å²) in [7, 11) is 0. The van der Waals surface area contributed by atoms with Gasteiger partial charge in [0.2, 0.25) is 0 Å². The van der Waals surface area contributed by atoms with Gasteiger partial charge in [-0.2, -0.15) is 0 Å². The second kappa shape index (κ2) is 19.0. The van der Waals surface area contributed by atoms with Crippen molar-refractivity contribution in [3.63, 3.8) is 0 Å². The van der Waals surface area contributed by atoms with Crippen molar-refractivity contribution in [1.82, 2.24) is 6.15 Å². The normalized spacial score (nSPS) is 10.8. The lowest BCUT2D eigenvalue weighted by Crippen LogP contribution is -2.11. The summed E-state index contributed by atoms with van der Waals surface area (Å²) in [5.41, 5.74) is 6.04. The zero-order valence-electron chi connectivity index (χ0n) is 22.7. The van der Waals surface area contributed by atoms with Crippen LogP contribution in [0.1, 0.15) is 109 Å². The molecule has 0 fully saturated rings. The summed E-state index contributed by atoms with van der Waals surface area (Å²) in [6, 6.07) is 11.5. The largest absolute Gasteiger partial charge is 0.457 e. The predicted octanol–water partition coefficient (Wildman–Crippen LogP) is 7.05. The van der Waals surface area contributed by atoms with Crippen LogP contribution in [0, 0.1) is 6.92 Å².